The summed E-state index contributed by atoms with van der Waals surface area (Å²) in [4.78, 5) is 4.45. The Labute approximate surface area is 107 Å². The van der Waals surface area contributed by atoms with E-state index in [0.29, 0.717) is 24.9 Å². The molecule has 0 atom stereocenters. The fourth-order valence-electron chi connectivity index (χ4n) is 2.13. The molecule has 18 heavy (non-hydrogen) atoms. The lowest BCUT2D eigenvalue weighted by Gasteiger charge is -2.32. The molecule has 1 saturated heterocycles. The van der Waals surface area contributed by atoms with E-state index in [2.05, 4.69) is 22.4 Å². The van der Waals surface area contributed by atoms with Gasteiger partial charge in [-0.05, 0) is 6.54 Å². The lowest BCUT2D eigenvalue weighted by atomic mass is 9.93. The number of ether oxygens (including phenoxy) is 2. The highest BCUT2D eigenvalue weighted by atomic mass is 16.5. The van der Waals surface area contributed by atoms with E-state index in [0.717, 1.165) is 32.4 Å². The SMILES string of the molecule is CCNCCc1nc(C2(OC)CCOCC2)no1. The molecule has 1 aromatic rings. The first-order valence-corrected chi connectivity index (χ1v) is 6.47. The lowest BCUT2D eigenvalue weighted by Crippen LogP contribution is -2.36. The summed E-state index contributed by atoms with van der Waals surface area (Å²) < 4.78 is 16.3. The Bertz CT molecular complexity index is 361. The maximum absolute atomic E-state index is 5.62. The second-order valence-electron chi connectivity index (χ2n) is 4.43. The van der Waals surface area contributed by atoms with Gasteiger partial charge in [-0.3, -0.25) is 0 Å². The molecular weight excluding hydrogens is 234 g/mol. The summed E-state index contributed by atoms with van der Waals surface area (Å²) >= 11 is 0. The molecule has 0 radical (unpaired) electrons. The van der Waals surface area contributed by atoms with Crippen molar-refractivity contribution in [2.24, 2.45) is 0 Å². The van der Waals surface area contributed by atoms with Crippen LogP contribution >= 0.6 is 0 Å². The van der Waals surface area contributed by atoms with Gasteiger partial charge in [0.2, 0.25) is 11.7 Å². The van der Waals surface area contributed by atoms with Crippen LogP contribution in [0, 0.1) is 0 Å². The van der Waals surface area contributed by atoms with Gasteiger partial charge in [-0.1, -0.05) is 12.1 Å². The van der Waals surface area contributed by atoms with Gasteiger partial charge in [-0.2, -0.15) is 4.98 Å². The number of aromatic nitrogens is 2. The van der Waals surface area contributed by atoms with E-state index in [1.807, 2.05) is 0 Å². The third-order valence-corrected chi connectivity index (χ3v) is 3.33. The van der Waals surface area contributed by atoms with Gasteiger partial charge >= 0.3 is 0 Å². The average Bonchev–Trinajstić information content (AvgIpc) is 2.89. The van der Waals surface area contributed by atoms with Crippen LogP contribution in [0.4, 0.5) is 0 Å². The van der Waals surface area contributed by atoms with Crippen molar-refractivity contribution < 1.29 is 14.0 Å². The van der Waals surface area contributed by atoms with Gasteiger partial charge in [0.05, 0.1) is 0 Å². The Kier molecular flexibility index (Phi) is 4.68. The quantitative estimate of drug-likeness (QED) is 0.761. The van der Waals surface area contributed by atoms with Crippen LogP contribution in [0.2, 0.25) is 0 Å². The van der Waals surface area contributed by atoms with Crippen LogP contribution in [0.15, 0.2) is 4.52 Å². The van der Waals surface area contributed by atoms with Crippen molar-refractivity contribution >= 4 is 0 Å². The molecule has 1 aliphatic heterocycles. The minimum absolute atomic E-state index is 0.432. The molecule has 0 aromatic carbocycles. The average molecular weight is 255 g/mol. The van der Waals surface area contributed by atoms with Crippen LogP contribution in [-0.2, 0) is 21.5 Å². The standard InChI is InChI=1S/C12H21N3O3/c1-3-13-7-4-10-14-11(15-18-10)12(16-2)5-8-17-9-6-12/h13H,3-9H2,1-2H3. The molecule has 0 saturated carbocycles. The van der Waals surface area contributed by atoms with E-state index in [-0.39, 0.29) is 0 Å². The highest BCUT2D eigenvalue weighted by molar-refractivity contribution is 5.03. The topological polar surface area (TPSA) is 69.4 Å². The Hall–Kier alpha value is -0.980. The number of nitrogens with one attached hydrogen (secondary N) is 1. The molecular formula is C12H21N3O3. The largest absolute Gasteiger partial charge is 0.381 e. The maximum atomic E-state index is 5.62. The zero-order chi connectivity index (χ0) is 12.8. The van der Waals surface area contributed by atoms with Crippen molar-refractivity contribution in [3.8, 4) is 0 Å². The number of methoxy groups -OCH3 is 1. The first-order chi connectivity index (χ1) is 8.80. The van der Waals surface area contributed by atoms with Gasteiger partial charge in [0.25, 0.3) is 0 Å². The van der Waals surface area contributed by atoms with Gasteiger partial charge < -0.3 is 19.3 Å². The Morgan fingerprint density at radius 1 is 1.39 bits per heavy atom. The van der Waals surface area contributed by atoms with E-state index in [4.69, 9.17) is 14.0 Å². The molecule has 0 bridgehead atoms. The third-order valence-electron chi connectivity index (χ3n) is 3.33. The predicted octanol–water partition coefficient (Wildman–Crippen LogP) is 0.874. The molecule has 0 unspecified atom stereocenters. The molecule has 6 heteroatoms. The highest BCUT2D eigenvalue weighted by Crippen LogP contribution is 2.33. The van der Waals surface area contributed by atoms with E-state index >= 15 is 0 Å². The van der Waals surface area contributed by atoms with Crippen molar-refractivity contribution in [1.29, 1.82) is 0 Å². The normalized spacial score (nSPS) is 19.0. The Balaban J connectivity index is 2.02. The van der Waals surface area contributed by atoms with Gasteiger partial charge in [-0.25, -0.2) is 0 Å². The molecule has 0 amide bonds. The fraction of sp³-hybridized carbons (Fsp3) is 0.833. The molecule has 1 aliphatic rings. The molecule has 1 fully saturated rings. The monoisotopic (exact) mass is 255 g/mol. The molecule has 1 N–H and O–H groups in total. The van der Waals surface area contributed by atoms with Crippen molar-refractivity contribution in [2.75, 3.05) is 33.4 Å². The molecule has 6 nitrogen and oxygen atoms in total. The van der Waals surface area contributed by atoms with Crippen LogP contribution in [0.25, 0.3) is 0 Å². The number of rotatable bonds is 6. The summed E-state index contributed by atoms with van der Waals surface area (Å²) in [5, 5.41) is 7.30. The summed E-state index contributed by atoms with van der Waals surface area (Å²) in [5.74, 6) is 1.31. The van der Waals surface area contributed by atoms with Crippen molar-refractivity contribution in [3.05, 3.63) is 11.7 Å². The van der Waals surface area contributed by atoms with Gasteiger partial charge in [0.1, 0.15) is 5.60 Å². The Morgan fingerprint density at radius 3 is 2.83 bits per heavy atom. The van der Waals surface area contributed by atoms with Gasteiger partial charge in [0.15, 0.2) is 0 Å². The Morgan fingerprint density at radius 2 is 2.17 bits per heavy atom. The minimum atomic E-state index is -0.432. The molecule has 1 aromatic heterocycles. The fourth-order valence-corrected chi connectivity index (χ4v) is 2.13. The van der Waals surface area contributed by atoms with Crippen LogP contribution in [0.5, 0.6) is 0 Å². The molecule has 2 heterocycles. The van der Waals surface area contributed by atoms with E-state index in [1.165, 1.54) is 0 Å². The number of hydrogen-bond donors (Lipinski definition) is 1. The van der Waals surface area contributed by atoms with Crippen LogP contribution in [0.1, 0.15) is 31.5 Å². The zero-order valence-corrected chi connectivity index (χ0v) is 11.1. The van der Waals surface area contributed by atoms with Crippen LogP contribution in [0.3, 0.4) is 0 Å². The van der Waals surface area contributed by atoms with Crippen molar-refractivity contribution in [2.45, 2.75) is 31.8 Å². The first-order valence-electron chi connectivity index (χ1n) is 6.47. The minimum Gasteiger partial charge on any atom is -0.381 e. The van der Waals surface area contributed by atoms with Crippen molar-refractivity contribution in [1.82, 2.24) is 15.5 Å². The number of nitrogens with zero attached hydrogens (tertiary/aromatic N) is 2. The summed E-state index contributed by atoms with van der Waals surface area (Å²) in [6.07, 6.45) is 2.29. The summed E-state index contributed by atoms with van der Waals surface area (Å²) in [7, 11) is 1.69. The van der Waals surface area contributed by atoms with Gasteiger partial charge in [-0.15, -0.1) is 0 Å². The lowest BCUT2D eigenvalue weighted by molar-refractivity contribution is -0.101. The highest BCUT2D eigenvalue weighted by Gasteiger charge is 2.39. The van der Waals surface area contributed by atoms with Crippen molar-refractivity contribution in [3.63, 3.8) is 0 Å². The second kappa shape index (κ2) is 6.26. The van der Waals surface area contributed by atoms with Gasteiger partial charge in [0, 0.05) is 46.1 Å². The number of hydrogen-bond acceptors (Lipinski definition) is 6. The summed E-state index contributed by atoms with van der Waals surface area (Å²) in [6, 6.07) is 0. The summed E-state index contributed by atoms with van der Waals surface area (Å²) in [5.41, 5.74) is -0.432. The third kappa shape index (κ3) is 2.88. The van der Waals surface area contributed by atoms with Crippen LogP contribution in [-0.4, -0.2) is 43.6 Å². The maximum Gasteiger partial charge on any atom is 0.228 e. The molecule has 102 valence electrons. The molecule has 0 aliphatic carbocycles. The summed E-state index contributed by atoms with van der Waals surface area (Å²) in [6.45, 7) is 5.22. The first kappa shape index (κ1) is 13.5. The number of likely N-dealkylation sites (N-methyl/N-ethyl adjacent to an activating group) is 1. The second-order valence-corrected chi connectivity index (χ2v) is 4.43. The predicted molar refractivity (Wildman–Crippen MR) is 65.3 cm³/mol. The van der Waals surface area contributed by atoms with E-state index in [9.17, 15) is 0 Å². The van der Waals surface area contributed by atoms with E-state index < -0.39 is 5.60 Å². The smallest absolute Gasteiger partial charge is 0.228 e. The van der Waals surface area contributed by atoms with E-state index in [1.54, 1.807) is 7.11 Å². The molecule has 0 spiro atoms. The molecule has 2 rings (SSSR count). The van der Waals surface area contributed by atoms with Crippen LogP contribution < -0.4 is 5.32 Å². The zero-order valence-electron chi connectivity index (χ0n) is 11.1.